The monoisotopic (exact) mass is 274 g/mol. The molecular formula is C15H22N4O. The summed E-state index contributed by atoms with van der Waals surface area (Å²) in [4.78, 5) is 23.1. The van der Waals surface area contributed by atoms with Gasteiger partial charge in [0.1, 0.15) is 5.69 Å². The topological polar surface area (TPSA) is 58.1 Å². The van der Waals surface area contributed by atoms with Gasteiger partial charge < -0.3 is 10.2 Å². The molecule has 2 fully saturated rings. The molecule has 1 unspecified atom stereocenters. The van der Waals surface area contributed by atoms with Gasteiger partial charge in [0.05, 0.1) is 11.9 Å². The minimum absolute atomic E-state index is 0.0468. The van der Waals surface area contributed by atoms with Crippen molar-refractivity contribution in [1.82, 2.24) is 20.2 Å². The maximum Gasteiger partial charge on any atom is 0.274 e. The summed E-state index contributed by atoms with van der Waals surface area (Å²) in [5.41, 5.74) is 1.32. The molecule has 1 aromatic rings. The Kier molecular flexibility index (Phi) is 3.96. The van der Waals surface area contributed by atoms with Crippen LogP contribution in [0.5, 0.6) is 0 Å². The van der Waals surface area contributed by atoms with Crippen molar-refractivity contribution in [3.63, 3.8) is 0 Å². The van der Waals surface area contributed by atoms with Gasteiger partial charge in [-0.15, -0.1) is 0 Å². The number of aromatic nitrogens is 2. The Bertz CT molecular complexity index is 463. The predicted molar refractivity (Wildman–Crippen MR) is 76.4 cm³/mol. The molecule has 1 N–H and O–H groups in total. The second-order valence-corrected chi connectivity index (χ2v) is 5.94. The lowest BCUT2D eigenvalue weighted by Crippen LogP contribution is -2.42. The molecule has 2 heterocycles. The van der Waals surface area contributed by atoms with Gasteiger partial charge in [-0.1, -0.05) is 0 Å². The molecule has 1 saturated carbocycles. The summed E-state index contributed by atoms with van der Waals surface area (Å²) >= 11 is 0. The van der Waals surface area contributed by atoms with E-state index >= 15 is 0 Å². The van der Waals surface area contributed by atoms with E-state index in [4.69, 9.17) is 0 Å². The van der Waals surface area contributed by atoms with Gasteiger partial charge in [-0.2, -0.15) is 0 Å². The van der Waals surface area contributed by atoms with Crippen molar-refractivity contribution in [2.24, 2.45) is 5.92 Å². The molecule has 0 spiro atoms. The maximum absolute atomic E-state index is 12.6. The Morgan fingerprint density at radius 2 is 2.20 bits per heavy atom. The number of rotatable bonds is 4. The maximum atomic E-state index is 12.6. The molecule has 5 heteroatoms. The molecule has 0 aromatic carbocycles. The first-order valence-electron chi connectivity index (χ1n) is 7.54. The van der Waals surface area contributed by atoms with Crippen molar-refractivity contribution in [1.29, 1.82) is 0 Å². The first-order valence-corrected chi connectivity index (χ1v) is 7.54. The highest BCUT2D eigenvalue weighted by Crippen LogP contribution is 2.29. The Balaban J connectivity index is 1.69. The number of piperidine rings is 1. The molecule has 5 nitrogen and oxygen atoms in total. The van der Waals surface area contributed by atoms with E-state index in [0.717, 1.165) is 38.2 Å². The van der Waals surface area contributed by atoms with E-state index in [-0.39, 0.29) is 5.91 Å². The highest BCUT2D eigenvalue weighted by Gasteiger charge is 2.35. The minimum atomic E-state index is 0.0468. The molecule has 2 aliphatic rings. The first-order chi connectivity index (χ1) is 9.74. The zero-order valence-electron chi connectivity index (χ0n) is 12.0. The van der Waals surface area contributed by atoms with Crippen molar-refractivity contribution in [3.8, 4) is 0 Å². The molecule has 1 aliphatic carbocycles. The average Bonchev–Trinajstić information content (AvgIpc) is 3.30. The van der Waals surface area contributed by atoms with Crippen LogP contribution in [0.2, 0.25) is 0 Å². The third-order valence-electron chi connectivity index (χ3n) is 4.10. The smallest absolute Gasteiger partial charge is 0.274 e. The lowest BCUT2D eigenvalue weighted by Gasteiger charge is -2.30. The van der Waals surface area contributed by atoms with Gasteiger partial charge in [0.15, 0.2) is 0 Å². The molecule has 3 rings (SSSR count). The van der Waals surface area contributed by atoms with Gasteiger partial charge in [-0.25, -0.2) is 4.98 Å². The molecule has 0 radical (unpaired) electrons. The number of carbonyl (C=O) groups is 1. The Morgan fingerprint density at radius 1 is 1.35 bits per heavy atom. The number of carbonyl (C=O) groups excluding carboxylic acids is 1. The second kappa shape index (κ2) is 5.87. The van der Waals surface area contributed by atoms with Crippen LogP contribution in [-0.2, 0) is 0 Å². The fourth-order valence-electron chi connectivity index (χ4n) is 2.79. The van der Waals surface area contributed by atoms with Crippen molar-refractivity contribution in [2.45, 2.75) is 38.6 Å². The molecular weight excluding hydrogens is 252 g/mol. The largest absolute Gasteiger partial charge is 0.334 e. The Labute approximate surface area is 119 Å². The van der Waals surface area contributed by atoms with Gasteiger partial charge in [0, 0.05) is 18.8 Å². The molecule has 0 bridgehead atoms. The van der Waals surface area contributed by atoms with Crippen molar-refractivity contribution < 1.29 is 4.79 Å². The van der Waals surface area contributed by atoms with Crippen molar-refractivity contribution in [3.05, 3.63) is 23.8 Å². The van der Waals surface area contributed by atoms with Gasteiger partial charge in [0.25, 0.3) is 5.91 Å². The SMILES string of the molecule is Cc1cnc(C(=O)N(CC2CCCNC2)C2CC2)cn1. The third-order valence-corrected chi connectivity index (χ3v) is 4.10. The standard InChI is InChI=1S/C15H22N4O/c1-11-7-18-14(9-17-11)15(20)19(13-4-5-13)10-12-3-2-6-16-8-12/h7,9,12-13,16H,2-6,8,10H2,1H3. The van der Waals surface area contributed by atoms with Crippen LogP contribution in [0.1, 0.15) is 41.9 Å². The molecule has 1 aromatic heterocycles. The number of aryl methyl sites for hydroxylation is 1. The lowest BCUT2D eigenvalue weighted by molar-refractivity contribution is 0.0697. The summed E-state index contributed by atoms with van der Waals surface area (Å²) < 4.78 is 0. The van der Waals surface area contributed by atoms with Crippen LogP contribution < -0.4 is 5.32 Å². The zero-order chi connectivity index (χ0) is 13.9. The number of nitrogens with zero attached hydrogens (tertiary/aromatic N) is 3. The minimum Gasteiger partial charge on any atom is -0.334 e. The average molecular weight is 274 g/mol. The van der Waals surface area contributed by atoms with Crippen LogP contribution in [0.4, 0.5) is 0 Å². The summed E-state index contributed by atoms with van der Waals surface area (Å²) in [7, 11) is 0. The molecule has 1 amide bonds. The molecule has 1 atom stereocenters. The highest BCUT2D eigenvalue weighted by molar-refractivity contribution is 5.92. The van der Waals surface area contributed by atoms with Crippen LogP contribution in [-0.4, -0.2) is 46.5 Å². The first kappa shape index (κ1) is 13.5. The Hall–Kier alpha value is -1.49. The second-order valence-electron chi connectivity index (χ2n) is 5.94. The quantitative estimate of drug-likeness (QED) is 0.901. The van der Waals surface area contributed by atoms with E-state index in [0.29, 0.717) is 17.7 Å². The van der Waals surface area contributed by atoms with E-state index in [1.54, 1.807) is 12.4 Å². The van der Waals surface area contributed by atoms with Crippen LogP contribution >= 0.6 is 0 Å². The fraction of sp³-hybridized carbons (Fsp3) is 0.667. The summed E-state index contributed by atoms with van der Waals surface area (Å²) in [6.45, 7) is 4.87. The number of nitrogens with one attached hydrogen (secondary N) is 1. The summed E-state index contributed by atoms with van der Waals surface area (Å²) in [5.74, 6) is 0.622. The number of amides is 1. The normalized spacial score (nSPS) is 22.6. The van der Waals surface area contributed by atoms with Crippen LogP contribution in [0, 0.1) is 12.8 Å². The number of hydrogen-bond acceptors (Lipinski definition) is 4. The summed E-state index contributed by atoms with van der Waals surface area (Å²) in [5, 5.41) is 3.42. The van der Waals surface area contributed by atoms with Crippen LogP contribution in [0.3, 0.4) is 0 Å². The van der Waals surface area contributed by atoms with E-state index < -0.39 is 0 Å². The zero-order valence-corrected chi connectivity index (χ0v) is 12.0. The number of hydrogen-bond donors (Lipinski definition) is 1. The molecule has 1 aliphatic heterocycles. The lowest BCUT2D eigenvalue weighted by atomic mass is 9.99. The summed E-state index contributed by atoms with van der Waals surface area (Å²) in [6, 6.07) is 0.424. The van der Waals surface area contributed by atoms with Gasteiger partial charge in [-0.05, 0) is 51.6 Å². The van der Waals surface area contributed by atoms with Gasteiger partial charge >= 0.3 is 0 Å². The summed E-state index contributed by atoms with van der Waals surface area (Å²) in [6.07, 6.45) is 7.95. The fourth-order valence-corrected chi connectivity index (χ4v) is 2.79. The predicted octanol–water partition coefficient (Wildman–Crippen LogP) is 1.39. The highest BCUT2D eigenvalue weighted by atomic mass is 16.2. The van der Waals surface area contributed by atoms with Crippen LogP contribution in [0.25, 0.3) is 0 Å². The van der Waals surface area contributed by atoms with Crippen LogP contribution in [0.15, 0.2) is 12.4 Å². The van der Waals surface area contributed by atoms with E-state index in [1.807, 2.05) is 11.8 Å². The van der Waals surface area contributed by atoms with E-state index in [1.165, 1.54) is 12.8 Å². The third kappa shape index (κ3) is 3.15. The molecule has 20 heavy (non-hydrogen) atoms. The molecule has 1 saturated heterocycles. The molecule has 108 valence electrons. The van der Waals surface area contributed by atoms with E-state index in [9.17, 15) is 4.79 Å². The van der Waals surface area contributed by atoms with Gasteiger partial charge in [0.2, 0.25) is 0 Å². The van der Waals surface area contributed by atoms with Gasteiger partial charge in [-0.3, -0.25) is 9.78 Å². The van der Waals surface area contributed by atoms with Crippen molar-refractivity contribution >= 4 is 5.91 Å². The van der Waals surface area contributed by atoms with Crippen molar-refractivity contribution in [2.75, 3.05) is 19.6 Å². The Morgan fingerprint density at radius 3 is 2.80 bits per heavy atom. The van der Waals surface area contributed by atoms with E-state index in [2.05, 4.69) is 15.3 Å².